The fraction of sp³-hybridized carbons (Fsp3) is 0.500. The van der Waals surface area contributed by atoms with E-state index in [4.69, 9.17) is 0 Å². The van der Waals surface area contributed by atoms with Crippen molar-refractivity contribution in [1.29, 1.82) is 0 Å². The Morgan fingerprint density at radius 3 is 2.83 bits per heavy atom. The topological polar surface area (TPSA) is 60.1 Å². The molecule has 2 aromatic rings. The van der Waals surface area contributed by atoms with Gasteiger partial charge in [0.05, 0.1) is 6.04 Å². The second-order valence-corrected chi connectivity index (χ2v) is 6.36. The summed E-state index contributed by atoms with van der Waals surface area (Å²) in [4.78, 5) is 30.7. The molecule has 0 bridgehead atoms. The molecular formula is C18H24N4O2. The number of amides is 1. The van der Waals surface area contributed by atoms with Gasteiger partial charge in [-0.1, -0.05) is 6.92 Å². The zero-order valence-electron chi connectivity index (χ0n) is 14.5. The lowest BCUT2D eigenvalue weighted by Gasteiger charge is -2.36. The lowest BCUT2D eigenvalue weighted by Crippen LogP contribution is -2.42. The van der Waals surface area contributed by atoms with E-state index in [0.29, 0.717) is 18.7 Å². The van der Waals surface area contributed by atoms with Crippen molar-refractivity contribution in [1.82, 2.24) is 19.0 Å². The lowest BCUT2D eigenvalue weighted by molar-refractivity contribution is -0.135. The van der Waals surface area contributed by atoms with E-state index >= 15 is 0 Å². The number of aryl methyl sites for hydroxylation is 2. The molecular weight excluding hydrogens is 304 g/mol. The average Bonchev–Trinajstić information content (AvgIpc) is 3.01. The molecule has 0 fully saturated rings. The minimum absolute atomic E-state index is 0.0983. The molecule has 0 radical (unpaired) electrons. The second kappa shape index (κ2) is 6.63. The van der Waals surface area contributed by atoms with Crippen LogP contribution in [0, 0.1) is 13.8 Å². The van der Waals surface area contributed by atoms with Crippen LogP contribution in [0.25, 0.3) is 0 Å². The molecule has 0 aliphatic carbocycles. The highest BCUT2D eigenvalue weighted by Crippen LogP contribution is 2.29. The first-order valence-corrected chi connectivity index (χ1v) is 8.51. The van der Waals surface area contributed by atoms with Crippen molar-refractivity contribution >= 4 is 5.91 Å². The third-order valence-corrected chi connectivity index (χ3v) is 4.77. The summed E-state index contributed by atoms with van der Waals surface area (Å²) >= 11 is 0. The predicted molar refractivity (Wildman–Crippen MR) is 91.8 cm³/mol. The molecule has 1 atom stereocenters. The maximum Gasteiger partial charge on any atom is 0.347 e. The van der Waals surface area contributed by atoms with E-state index in [1.165, 1.54) is 5.69 Å². The average molecular weight is 328 g/mol. The molecule has 1 aliphatic rings. The molecule has 0 N–H and O–H groups in total. The van der Waals surface area contributed by atoms with Crippen LogP contribution >= 0.6 is 0 Å². The van der Waals surface area contributed by atoms with Gasteiger partial charge in [0.1, 0.15) is 0 Å². The Morgan fingerprint density at radius 2 is 2.12 bits per heavy atom. The van der Waals surface area contributed by atoms with Crippen LogP contribution in [0.3, 0.4) is 0 Å². The van der Waals surface area contributed by atoms with Gasteiger partial charge in [-0.25, -0.2) is 4.79 Å². The fourth-order valence-electron chi connectivity index (χ4n) is 3.59. The molecule has 0 saturated heterocycles. The van der Waals surface area contributed by atoms with Crippen LogP contribution in [0.4, 0.5) is 0 Å². The van der Waals surface area contributed by atoms with Gasteiger partial charge in [-0.2, -0.15) is 4.98 Å². The molecule has 0 spiro atoms. The predicted octanol–water partition coefficient (Wildman–Crippen LogP) is 2.05. The van der Waals surface area contributed by atoms with E-state index in [2.05, 4.69) is 28.7 Å². The first-order valence-electron chi connectivity index (χ1n) is 8.51. The third-order valence-electron chi connectivity index (χ3n) is 4.77. The summed E-state index contributed by atoms with van der Waals surface area (Å²) in [5, 5.41) is 0. The van der Waals surface area contributed by atoms with Crippen molar-refractivity contribution in [3.05, 3.63) is 52.0 Å². The van der Waals surface area contributed by atoms with Gasteiger partial charge >= 0.3 is 5.69 Å². The van der Waals surface area contributed by atoms with Gasteiger partial charge in [0.15, 0.2) is 0 Å². The lowest BCUT2D eigenvalue weighted by atomic mass is 10.1. The monoisotopic (exact) mass is 328 g/mol. The second-order valence-electron chi connectivity index (χ2n) is 6.36. The largest absolute Gasteiger partial charge is 0.348 e. The van der Waals surface area contributed by atoms with Crippen LogP contribution in [-0.2, 0) is 17.9 Å². The SMILES string of the molecule is CC[C@@H]1c2cccn2CCN1C(=O)CCn1c(C)cc(C)nc1=O. The van der Waals surface area contributed by atoms with Gasteiger partial charge in [0.2, 0.25) is 5.91 Å². The number of hydrogen-bond acceptors (Lipinski definition) is 3. The number of aromatic nitrogens is 3. The molecule has 0 aromatic carbocycles. The zero-order chi connectivity index (χ0) is 17.3. The van der Waals surface area contributed by atoms with E-state index in [0.717, 1.165) is 25.2 Å². The first kappa shape index (κ1) is 16.5. The van der Waals surface area contributed by atoms with Crippen LogP contribution in [0.15, 0.2) is 29.2 Å². The molecule has 6 nitrogen and oxygen atoms in total. The molecule has 0 unspecified atom stereocenters. The molecule has 128 valence electrons. The van der Waals surface area contributed by atoms with Gasteiger partial charge in [0.25, 0.3) is 0 Å². The Morgan fingerprint density at radius 1 is 1.33 bits per heavy atom. The summed E-state index contributed by atoms with van der Waals surface area (Å²) in [6, 6.07) is 6.11. The highest BCUT2D eigenvalue weighted by atomic mass is 16.2. The van der Waals surface area contributed by atoms with Crippen LogP contribution < -0.4 is 5.69 Å². The van der Waals surface area contributed by atoms with Gasteiger partial charge in [-0.3, -0.25) is 9.36 Å². The number of carbonyl (C=O) groups excluding carboxylic acids is 1. The standard InChI is InChI=1S/C18H24N4O2/c1-4-15-16-6-5-8-20(16)10-11-22(15)17(23)7-9-21-14(3)12-13(2)19-18(21)24/h5-6,8,12,15H,4,7,9-11H2,1-3H3/t15-/m1/s1. The quantitative estimate of drug-likeness (QED) is 0.863. The van der Waals surface area contributed by atoms with E-state index < -0.39 is 0 Å². The number of hydrogen-bond donors (Lipinski definition) is 0. The fourth-order valence-corrected chi connectivity index (χ4v) is 3.59. The zero-order valence-corrected chi connectivity index (χ0v) is 14.5. The molecule has 6 heteroatoms. The summed E-state index contributed by atoms with van der Waals surface area (Å²) in [5.74, 6) is 0.0983. The molecule has 1 aliphatic heterocycles. The van der Waals surface area contributed by atoms with Crippen LogP contribution in [0.5, 0.6) is 0 Å². The maximum absolute atomic E-state index is 12.7. The van der Waals surface area contributed by atoms with E-state index in [9.17, 15) is 9.59 Å². The van der Waals surface area contributed by atoms with E-state index in [1.54, 1.807) is 11.5 Å². The minimum Gasteiger partial charge on any atom is -0.348 e. The van der Waals surface area contributed by atoms with Gasteiger partial charge in [-0.15, -0.1) is 0 Å². The third kappa shape index (κ3) is 3.00. The first-order chi connectivity index (χ1) is 11.5. The van der Waals surface area contributed by atoms with Crippen LogP contribution in [0.2, 0.25) is 0 Å². The summed E-state index contributed by atoms with van der Waals surface area (Å²) in [5.41, 5.74) is 2.48. The van der Waals surface area contributed by atoms with E-state index in [-0.39, 0.29) is 17.6 Å². The summed E-state index contributed by atoms with van der Waals surface area (Å²) < 4.78 is 3.80. The number of nitrogens with zero attached hydrogens (tertiary/aromatic N) is 4. The Hall–Kier alpha value is -2.37. The normalized spacial score (nSPS) is 17.0. The number of fused-ring (bicyclic) bond motifs is 1. The molecule has 3 heterocycles. The van der Waals surface area contributed by atoms with Crippen molar-refractivity contribution in [3.63, 3.8) is 0 Å². The maximum atomic E-state index is 12.7. The molecule has 24 heavy (non-hydrogen) atoms. The van der Waals surface area contributed by atoms with Gasteiger partial charge in [0, 0.05) is 49.3 Å². The molecule has 0 saturated carbocycles. The Kier molecular flexibility index (Phi) is 4.55. The number of rotatable bonds is 4. The smallest absolute Gasteiger partial charge is 0.347 e. The molecule has 2 aromatic heterocycles. The number of carbonyl (C=O) groups is 1. The minimum atomic E-state index is -0.278. The Balaban J connectivity index is 1.73. The van der Waals surface area contributed by atoms with Gasteiger partial charge < -0.3 is 9.47 Å². The van der Waals surface area contributed by atoms with Crippen LogP contribution in [0.1, 0.15) is 42.9 Å². The van der Waals surface area contributed by atoms with Crippen molar-refractivity contribution in [2.24, 2.45) is 0 Å². The Labute approximate surface area is 141 Å². The van der Waals surface area contributed by atoms with Crippen LogP contribution in [-0.4, -0.2) is 31.5 Å². The highest BCUT2D eigenvalue weighted by molar-refractivity contribution is 5.76. The van der Waals surface area contributed by atoms with Gasteiger partial charge in [-0.05, 0) is 38.5 Å². The van der Waals surface area contributed by atoms with Crippen molar-refractivity contribution in [2.45, 2.75) is 52.7 Å². The highest BCUT2D eigenvalue weighted by Gasteiger charge is 2.29. The molecule has 1 amide bonds. The van der Waals surface area contributed by atoms with Crippen molar-refractivity contribution < 1.29 is 4.79 Å². The van der Waals surface area contributed by atoms with Crippen molar-refractivity contribution in [3.8, 4) is 0 Å². The Bertz CT molecular complexity index is 806. The van der Waals surface area contributed by atoms with E-state index in [1.807, 2.05) is 24.0 Å². The van der Waals surface area contributed by atoms with Crippen molar-refractivity contribution in [2.75, 3.05) is 6.54 Å². The molecule has 3 rings (SSSR count). The summed E-state index contributed by atoms with van der Waals surface area (Å²) in [6.45, 7) is 7.72. The summed E-state index contributed by atoms with van der Waals surface area (Å²) in [7, 11) is 0. The summed E-state index contributed by atoms with van der Waals surface area (Å²) in [6.07, 6.45) is 3.28.